The van der Waals surface area contributed by atoms with E-state index in [1.807, 2.05) is 6.08 Å². The molecule has 9 heavy (non-hydrogen) atoms. The van der Waals surface area contributed by atoms with Crippen molar-refractivity contribution < 1.29 is 5.11 Å². The van der Waals surface area contributed by atoms with Gasteiger partial charge < -0.3 is 10.0 Å². The molecule has 0 aliphatic carbocycles. The molecule has 0 saturated heterocycles. The summed E-state index contributed by atoms with van der Waals surface area (Å²) in [4.78, 5) is 2.22. The molecule has 2 nitrogen and oxygen atoms in total. The van der Waals surface area contributed by atoms with Crippen molar-refractivity contribution in [1.82, 2.24) is 4.90 Å². The van der Waals surface area contributed by atoms with Crippen LogP contribution in [-0.4, -0.2) is 30.1 Å². The van der Waals surface area contributed by atoms with E-state index in [0.29, 0.717) is 5.76 Å². The van der Waals surface area contributed by atoms with Crippen molar-refractivity contribution in [2.24, 2.45) is 0 Å². The van der Waals surface area contributed by atoms with Gasteiger partial charge in [0.2, 0.25) is 0 Å². The number of rotatable bonds is 0. The number of aliphatic hydroxyl groups is 1. The van der Waals surface area contributed by atoms with Crippen LogP contribution in [0.1, 0.15) is 12.8 Å². The Labute approximate surface area is 55.8 Å². The molecule has 1 aliphatic heterocycles. The summed E-state index contributed by atoms with van der Waals surface area (Å²) >= 11 is 0. The molecule has 0 aromatic carbocycles. The molecule has 52 valence electrons. The Morgan fingerprint density at radius 2 is 2.33 bits per heavy atom. The van der Waals surface area contributed by atoms with Gasteiger partial charge in [0, 0.05) is 19.5 Å². The first-order valence-corrected chi connectivity index (χ1v) is 3.35. The van der Waals surface area contributed by atoms with Crippen LogP contribution in [0.15, 0.2) is 11.8 Å². The summed E-state index contributed by atoms with van der Waals surface area (Å²) in [6.45, 7) is 2.06. The first-order chi connectivity index (χ1) is 4.29. The largest absolute Gasteiger partial charge is 0.513 e. The van der Waals surface area contributed by atoms with Gasteiger partial charge >= 0.3 is 0 Å². The van der Waals surface area contributed by atoms with Gasteiger partial charge in [-0.25, -0.2) is 0 Å². The Morgan fingerprint density at radius 1 is 1.56 bits per heavy atom. The first-order valence-electron chi connectivity index (χ1n) is 3.35. The molecule has 1 N–H and O–H groups in total. The Balaban J connectivity index is 2.39. The number of nitrogens with zero attached hydrogens (tertiary/aromatic N) is 1. The minimum atomic E-state index is 0.555. The van der Waals surface area contributed by atoms with E-state index in [1.54, 1.807) is 0 Å². The highest BCUT2D eigenvalue weighted by molar-refractivity contribution is 4.94. The van der Waals surface area contributed by atoms with Gasteiger partial charge in [-0.2, -0.15) is 0 Å². The predicted molar refractivity (Wildman–Crippen MR) is 37.4 cm³/mol. The molecular weight excluding hydrogens is 114 g/mol. The van der Waals surface area contributed by atoms with E-state index in [-0.39, 0.29) is 0 Å². The molecule has 0 spiro atoms. The summed E-state index contributed by atoms with van der Waals surface area (Å²) in [6.07, 6.45) is 3.71. The van der Waals surface area contributed by atoms with E-state index in [2.05, 4.69) is 11.9 Å². The summed E-state index contributed by atoms with van der Waals surface area (Å²) < 4.78 is 0. The monoisotopic (exact) mass is 127 g/mol. The fraction of sp³-hybridized carbons (Fsp3) is 0.714. The van der Waals surface area contributed by atoms with Crippen LogP contribution in [-0.2, 0) is 0 Å². The molecule has 0 radical (unpaired) electrons. The lowest BCUT2D eigenvalue weighted by Gasteiger charge is -2.10. The quantitative estimate of drug-likeness (QED) is 0.527. The van der Waals surface area contributed by atoms with Gasteiger partial charge in [-0.05, 0) is 19.5 Å². The van der Waals surface area contributed by atoms with E-state index in [4.69, 9.17) is 5.11 Å². The Morgan fingerprint density at radius 3 is 3.11 bits per heavy atom. The van der Waals surface area contributed by atoms with Gasteiger partial charge in [-0.15, -0.1) is 0 Å². The molecule has 0 atom stereocenters. The summed E-state index contributed by atoms with van der Waals surface area (Å²) in [5.41, 5.74) is 0. The maximum atomic E-state index is 9.04. The lowest BCUT2D eigenvalue weighted by molar-refractivity contribution is 0.325. The van der Waals surface area contributed by atoms with Crippen LogP contribution in [0.25, 0.3) is 0 Å². The fourth-order valence-electron chi connectivity index (χ4n) is 0.971. The second kappa shape index (κ2) is 2.87. The molecule has 0 aromatic heterocycles. The summed E-state index contributed by atoms with van der Waals surface area (Å²) in [5.74, 6) is 0.555. The number of hydrogen-bond acceptors (Lipinski definition) is 2. The van der Waals surface area contributed by atoms with Crippen molar-refractivity contribution in [3.63, 3.8) is 0 Å². The Hall–Kier alpha value is -0.500. The molecule has 1 aliphatic rings. The van der Waals surface area contributed by atoms with E-state index >= 15 is 0 Å². The minimum Gasteiger partial charge on any atom is -0.513 e. The van der Waals surface area contributed by atoms with Gasteiger partial charge in [-0.1, -0.05) is 0 Å². The maximum Gasteiger partial charge on any atom is 0.0896 e. The predicted octanol–water partition coefficient (Wildman–Crippen LogP) is 1.15. The fourth-order valence-corrected chi connectivity index (χ4v) is 0.971. The lowest BCUT2D eigenvalue weighted by atomic mass is 10.3. The van der Waals surface area contributed by atoms with Crippen LogP contribution < -0.4 is 0 Å². The van der Waals surface area contributed by atoms with Gasteiger partial charge in [0.1, 0.15) is 0 Å². The molecule has 0 saturated carbocycles. The van der Waals surface area contributed by atoms with Crippen molar-refractivity contribution in [1.29, 1.82) is 0 Å². The van der Waals surface area contributed by atoms with Gasteiger partial charge in [0.15, 0.2) is 0 Å². The lowest BCUT2D eigenvalue weighted by Crippen LogP contribution is -2.18. The standard InChI is InChI=1S/C7H13NO/c1-8-5-2-3-7(9)4-6-8/h3,9H,2,4-6H2,1H3. The van der Waals surface area contributed by atoms with Crippen LogP contribution in [0.5, 0.6) is 0 Å². The highest BCUT2D eigenvalue weighted by Crippen LogP contribution is 2.05. The first kappa shape index (κ1) is 6.62. The topological polar surface area (TPSA) is 23.5 Å². The van der Waals surface area contributed by atoms with Crippen LogP contribution in [0.4, 0.5) is 0 Å². The van der Waals surface area contributed by atoms with Crippen LogP contribution in [0.2, 0.25) is 0 Å². The average Bonchev–Trinajstić information content (AvgIpc) is 1.97. The molecule has 1 heterocycles. The van der Waals surface area contributed by atoms with Crippen molar-refractivity contribution >= 4 is 0 Å². The van der Waals surface area contributed by atoms with Crippen molar-refractivity contribution in [2.45, 2.75) is 12.8 Å². The number of hydrogen-bond donors (Lipinski definition) is 1. The third-order valence-corrected chi connectivity index (χ3v) is 1.64. The molecular formula is C7H13NO. The molecule has 0 amide bonds. The van der Waals surface area contributed by atoms with E-state index in [9.17, 15) is 0 Å². The second-order valence-electron chi connectivity index (χ2n) is 2.54. The van der Waals surface area contributed by atoms with E-state index in [1.165, 1.54) is 0 Å². The highest BCUT2D eigenvalue weighted by atomic mass is 16.3. The third-order valence-electron chi connectivity index (χ3n) is 1.64. The second-order valence-corrected chi connectivity index (χ2v) is 2.54. The van der Waals surface area contributed by atoms with Crippen LogP contribution >= 0.6 is 0 Å². The summed E-state index contributed by atoms with van der Waals surface area (Å²) in [6, 6.07) is 0. The normalized spacial score (nSPS) is 23.0. The van der Waals surface area contributed by atoms with Crippen molar-refractivity contribution in [2.75, 3.05) is 20.1 Å². The molecule has 0 bridgehead atoms. The molecule has 0 fully saturated rings. The van der Waals surface area contributed by atoms with Crippen LogP contribution in [0.3, 0.4) is 0 Å². The molecule has 0 unspecified atom stereocenters. The zero-order chi connectivity index (χ0) is 6.69. The van der Waals surface area contributed by atoms with E-state index in [0.717, 1.165) is 25.9 Å². The SMILES string of the molecule is CN1CCC=C(O)CC1. The highest BCUT2D eigenvalue weighted by Gasteiger charge is 2.03. The third kappa shape index (κ3) is 2.06. The van der Waals surface area contributed by atoms with Gasteiger partial charge in [0.05, 0.1) is 5.76 Å². The van der Waals surface area contributed by atoms with Gasteiger partial charge in [0.25, 0.3) is 0 Å². The maximum absolute atomic E-state index is 9.04. The minimum absolute atomic E-state index is 0.555. The van der Waals surface area contributed by atoms with Crippen molar-refractivity contribution in [3.8, 4) is 0 Å². The average molecular weight is 127 g/mol. The van der Waals surface area contributed by atoms with Crippen LogP contribution in [0, 0.1) is 0 Å². The Kier molecular flexibility index (Phi) is 2.11. The Bertz CT molecular complexity index is 120. The zero-order valence-corrected chi connectivity index (χ0v) is 5.80. The smallest absolute Gasteiger partial charge is 0.0896 e. The summed E-state index contributed by atoms with van der Waals surface area (Å²) in [7, 11) is 2.08. The number of aliphatic hydroxyl groups excluding tert-OH is 1. The molecule has 0 aromatic rings. The van der Waals surface area contributed by atoms with E-state index < -0.39 is 0 Å². The van der Waals surface area contributed by atoms with Gasteiger partial charge in [-0.3, -0.25) is 0 Å². The summed E-state index contributed by atoms with van der Waals surface area (Å²) in [5, 5.41) is 9.04. The molecule has 1 rings (SSSR count). The van der Waals surface area contributed by atoms with Crippen molar-refractivity contribution in [3.05, 3.63) is 11.8 Å². The zero-order valence-electron chi connectivity index (χ0n) is 5.80. The molecule has 2 heteroatoms.